The SMILES string of the molecule is COc1nc2nonc2nc1Cc1ccc(C(F)(F)F)cc1. The molecule has 0 N–H and O–H groups in total. The lowest BCUT2D eigenvalue weighted by molar-refractivity contribution is -0.137. The number of aromatic nitrogens is 4. The number of alkyl halides is 3. The van der Waals surface area contributed by atoms with Crippen LogP contribution in [0.2, 0.25) is 0 Å². The van der Waals surface area contributed by atoms with Crippen molar-refractivity contribution in [3.63, 3.8) is 0 Å². The molecule has 2 heterocycles. The first-order valence-corrected chi connectivity index (χ1v) is 6.16. The van der Waals surface area contributed by atoms with Crippen LogP contribution in [0.4, 0.5) is 13.2 Å². The number of fused-ring (bicyclic) bond motifs is 1. The number of halogens is 3. The Morgan fingerprint density at radius 3 is 2.27 bits per heavy atom. The van der Waals surface area contributed by atoms with Crippen molar-refractivity contribution in [1.82, 2.24) is 20.3 Å². The predicted molar refractivity (Wildman–Crippen MR) is 68.2 cm³/mol. The van der Waals surface area contributed by atoms with Crippen LogP contribution in [-0.2, 0) is 12.6 Å². The van der Waals surface area contributed by atoms with E-state index in [2.05, 4.69) is 24.9 Å². The van der Waals surface area contributed by atoms with Crippen molar-refractivity contribution in [3.05, 3.63) is 41.1 Å². The second kappa shape index (κ2) is 5.24. The first kappa shape index (κ1) is 14.2. The summed E-state index contributed by atoms with van der Waals surface area (Å²) in [7, 11) is 1.42. The zero-order valence-electron chi connectivity index (χ0n) is 11.3. The van der Waals surface area contributed by atoms with Crippen molar-refractivity contribution in [2.24, 2.45) is 0 Å². The third-order valence-electron chi connectivity index (χ3n) is 3.00. The average molecular weight is 310 g/mol. The van der Waals surface area contributed by atoms with Crippen molar-refractivity contribution >= 4 is 11.3 Å². The standard InChI is InChI=1S/C13H9F3N4O2/c1-21-12-9(17-10-11(18-12)20-22-19-10)6-7-2-4-8(5-3-7)13(14,15)16/h2-5H,6H2,1H3. The molecule has 0 radical (unpaired) electrons. The van der Waals surface area contributed by atoms with Gasteiger partial charge >= 0.3 is 6.18 Å². The summed E-state index contributed by atoms with van der Waals surface area (Å²) in [5.41, 5.74) is 0.781. The Balaban J connectivity index is 1.92. The van der Waals surface area contributed by atoms with Gasteiger partial charge in [0.1, 0.15) is 5.69 Å². The summed E-state index contributed by atoms with van der Waals surface area (Å²) in [5, 5.41) is 7.13. The van der Waals surface area contributed by atoms with E-state index in [1.165, 1.54) is 19.2 Å². The fraction of sp³-hybridized carbons (Fsp3) is 0.231. The molecule has 114 valence electrons. The maximum absolute atomic E-state index is 12.5. The summed E-state index contributed by atoms with van der Waals surface area (Å²) in [6, 6.07) is 4.81. The summed E-state index contributed by atoms with van der Waals surface area (Å²) in [6.07, 6.45) is -4.11. The molecule has 9 heteroatoms. The molecule has 22 heavy (non-hydrogen) atoms. The van der Waals surface area contributed by atoms with Crippen LogP contribution in [0.1, 0.15) is 16.8 Å². The lowest BCUT2D eigenvalue weighted by Crippen LogP contribution is -2.05. The van der Waals surface area contributed by atoms with Gasteiger partial charge in [-0.1, -0.05) is 12.1 Å². The van der Waals surface area contributed by atoms with E-state index in [1.54, 1.807) is 0 Å². The molecule has 0 bridgehead atoms. The van der Waals surface area contributed by atoms with E-state index in [4.69, 9.17) is 4.74 Å². The average Bonchev–Trinajstić information content (AvgIpc) is 2.93. The number of hydrogen-bond acceptors (Lipinski definition) is 6. The highest BCUT2D eigenvalue weighted by Crippen LogP contribution is 2.29. The molecular formula is C13H9F3N4O2. The molecule has 3 aromatic rings. The number of methoxy groups -OCH3 is 1. The highest BCUT2D eigenvalue weighted by atomic mass is 19.4. The van der Waals surface area contributed by atoms with E-state index in [9.17, 15) is 13.2 Å². The maximum Gasteiger partial charge on any atom is 0.416 e. The number of rotatable bonds is 3. The van der Waals surface area contributed by atoms with Crippen LogP contribution < -0.4 is 4.74 Å². The Morgan fingerprint density at radius 2 is 1.68 bits per heavy atom. The summed E-state index contributed by atoms with van der Waals surface area (Å²) in [5.74, 6) is 0.225. The van der Waals surface area contributed by atoms with Crippen molar-refractivity contribution < 1.29 is 22.5 Å². The Bertz CT molecular complexity index is 799. The number of ether oxygens (including phenoxy) is 1. The van der Waals surface area contributed by atoms with Crippen LogP contribution in [0.3, 0.4) is 0 Å². The van der Waals surface area contributed by atoms with Gasteiger partial charge in [0.2, 0.25) is 17.2 Å². The molecule has 0 unspecified atom stereocenters. The van der Waals surface area contributed by atoms with Gasteiger partial charge < -0.3 is 4.74 Å². The van der Waals surface area contributed by atoms with E-state index in [0.717, 1.165) is 12.1 Å². The first-order valence-electron chi connectivity index (χ1n) is 6.16. The highest BCUT2D eigenvalue weighted by Gasteiger charge is 2.30. The van der Waals surface area contributed by atoms with Crippen LogP contribution in [0.15, 0.2) is 28.9 Å². The summed E-state index contributed by atoms with van der Waals surface area (Å²) in [6.45, 7) is 0. The molecular weight excluding hydrogens is 301 g/mol. The van der Waals surface area contributed by atoms with E-state index in [-0.39, 0.29) is 23.6 Å². The number of nitrogens with zero attached hydrogens (tertiary/aromatic N) is 4. The summed E-state index contributed by atoms with van der Waals surface area (Å²) < 4.78 is 47.2. The van der Waals surface area contributed by atoms with Gasteiger partial charge in [-0.15, -0.1) is 0 Å². The molecule has 0 aliphatic rings. The van der Waals surface area contributed by atoms with Crippen LogP contribution in [0.25, 0.3) is 11.3 Å². The van der Waals surface area contributed by atoms with E-state index in [1.807, 2.05) is 0 Å². The van der Waals surface area contributed by atoms with E-state index >= 15 is 0 Å². The fourth-order valence-corrected chi connectivity index (χ4v) is 1.94. The third kappa shape index (κ3) is 2.69. The van der Waals surface area contributed by atoms with E-state index < -0.39 is 11.7 Å². The topological polar surface area (TPSA) is 73.9 Å². The van der Waals surface area contributed by atoms with Crippen molar-refractivity contribution in [2.75, 3.05) is 7.11 Å². The van der Waals surface area contributed by atoms with Gasteiger partial charge in [-0.05, 0) is 28.0 Å². The van der Waals surface area contributed by atoms with Gasteiger partial charge in [0.25, 0.3) is 0 Å². The molecule has 0 amide bonds. The van der Waals surface area contributed by atoms with Gasteiger partial charge in [-0.3, -0.25) is 0 Å². The molecule has 0 saturated heterocycles. The molecule has 0 aliphatic carbocycles. The molecule has 2 aromatic heterocycles. The zero-order valence-corrected chi connectivity index (χ0v) is 11.3. The zero-order chi connectivity index (χ0) is 15.7. The first-order chi connectivity index (χ1) is 10.5. The Hall–Kier alpha value is -2.71. The van der Waals surface area contributed by atoms with Crippen LogP contribution >= 0.6 is 0 Å². The van der Waals surface area contributed by atoms with Gasteiger partial charge in [-0.25, -0.2) is 9.61 Å². The molecule has 0 aliphatic heterocycles. The highest BCUT2D eigenvalue weighted by molar-refractivity contribution is 5.64. The van der Waals surface area contributed by atoms with Gasteiger partial charge in [0.15, 0.2) is 0 Å². The second-order valence-corrected chi connectivity index (χ2v) is 4.46. The molecule has 0 atom stereocenters. The molecule has 3 rings (SSSR count). The summed E-state index contributed by atoms with van der Waals surface area (Å²) >= 11 is 0. The molecule has 0 fully saturated rings. The largest absolute Gasteiger partial charge is 0.480 e. The predicted octanol–water partition coefficient (Wildman–Crippen LogP) is 2.63. The molecule has 0 saturated carbocycles. The summed E-state index contributed by atoms with van der Waals surface area (Å²) in [4.78, 5) is 8.27. The smallest absolute Gasteiger partial charge is 0.416 e. The van der Waals surface area contributed by atoms with Gasteiger partial charge in [0, 0.05) is 6.42 Å². The van der Waals surface area contributed by atoms with Crippen molar-refractivity contribution in [3.8, 4) is 5.88 Å². The van der Waals surface area contributed by atoms with E-state index in [0.29, 0.717) is 11.3 Å². The van der Waals surface area contributed by atoms with Crippen LogP contribution in [-0.4, -0.2) is 27.4 Å². The minimum atomic E-state index is -4.36. The third-order valence-corrected chi connectivity index (χ3v) is 3.00. The second-order valence-electron chi connectivity index (χ2n) is 4.46. The normalized spacial score (nSPS) is 11.8. The maximum atomic E-state index is 12.5. The van der Waals surface area contributed by atoms with Crippen molar-refractivity contribution in [1.29, 1.82) is 0 Å². The Labute approximate surface area is 121 Å². The fourth-order valence-electron chi connectivity index (χ4n) is 1.94. The molecule has 1 aromatic carbocycles. The van der Waals surface area contributed by atoms with Gasteiger partial charge in [-0.2, -0.15) is 18.2 Å². The minimum absolute atomic E-state index is 0.202. The van der Waals surface area contributed by atoms with Crippen molar-refractivity contribution in [2.45, 2.75) is 12.6 Å². The number of hydrogen-bond donors (Lipinski definition) is 0. The lowest BCUT2D eigenvalue weighted by atomic mass is 10.1. The number of benzene rings is 1. The van der Waals surface area contributed by atoms with Gasteiger partial charge in [0.05, 0.1) is 12.7 Å². The molecule has 6 nitrogen and oxygen atoms in total. The monoisotopic (exact) mass is 310 g/mol. The quantitative estimate of drug-likeness (QED) is 0.740. The Kier molecular flexibility index (Phi) is 3.39. The lowest BCUT2D eigenvalue weighted by Gasteiger charge is -2.08. The Morgan fingerprint density at radius 1 is 1.05 bits per heavy atom. The van der Waals surface area contributed by atoms with Crippen LogP contribution in [0, 0.1) is 0 Å². The van der Waals surface area contributed by atoms with Crippen LogP contribution in [0.5, 0.6) is 5.88 Å². The molecule has 0 spiro atoms. The minimum Gasteiger partial charge on any atom is -0.480 e.